The molecule has 0 saturated carbocycles. The normalized spacial score (nSPS) is 28.9. The van der Waals surface area contributed by atoms with Crippen LogP contribution >= 0.6 is 0 Å². The lowest BCUT2D eigenvalue weighted by Gasteiger charge is -2.39. The number of aliphatic hydroxyl groups excluding tert-OH is 4. The highest BCUT2D eigenvalue weighted by Crippen LogP contribution is 2.26. The first-order valence-corrected chi connectivity index (χ1v) is 7.88. The minimum atomic E-state index is -1.57. The Bertz CT molecular complexity index is 872. The lowest BCUT2D eigenvalue weighted by Crippen LogP contribution is -2.60. The van der Waals surface area contributed by atoms with Gasteiger partial charge >= 0.3 is 5.63 Å². The molecule has 0 radical (unpaired) electrons. The van der Waals surface area contributed by atoms with Crippen molar-refractivity contribution in [3.63, 3.8) is 0 Å². The summed E-state index contributed by atoms with van der Waals surface area (Å²) in [5, 5.41) is 39.2. The third-order valence-electron chi connectivity index (χ3n) is 4.19. The zero-order valence-corrected chi connectivity index (χ0v) is 13.7. The fraction of sp³-hybridized carbons (Fsp3) is 0.412. The molecular formula is C17H18O9. The average Bonchev–Trinajstić information content (AvgIpc) is 2.61. The summed E-state index contributed by atoms with van der Waals surface area (Å²) in [6.45, 7) is 0.680. The van der Waals surface area contributed by atoms with Crippen molar-refractivity contribution in [3.05, 3.63) is 40.2 Å². The van der Waals surface area contributed by atoms with Crippen molar-refractivity contribution in [1.29, 1.82) is 0 Å². The van der Waals surface area contributed by atoms with Gasteiger partial charge in [-0.1, -0.05) is 0 Å². The summed E-state index contributed by atoms with van der Waals surface area (Å²) in [7, 11) is 0. The second-order valence-electron chi connectivity index (χ2n) is 6.02. The lowest BCUT2D eigenvalue weighted by molar-refractivity contribution is -0.277. The Kier molecular flexibility index (Phi) is 5.08. The Morgan fingerprint density at radius 1 is 1.15 bits per heavy atom. The highest BCUT2D eigenvalue weighted by Gasteiger charge is 2.44. The molecular weight excluding hydrogens is 348 g/mol. The molecule has 5 atom stereocenters. The number of benzene rings is 1. The second-order valence-corrected chi connectivity index (χ2v) is 6.02. The summed E-state index contributed by atoms with van der Waals surface area (Å²) in [6, 6.07) is 5.81. The van der Waals surface area contributed by atoms with Crippen molar-refractivity contribution in [2.24, 2.45) is 0 Å². The highest BCUT2D eigenvalue weighted by molar-refractivity contribution is 5.96. The SMILES string of the molecule is CC(=O)c1cc2ccc(O[C@@H]3O[C@H](CO)[C@@H](O)[C@H](O)[C@H]3O)cc2oc1=O. The van der Waals surface area contributed by atoms with Crippen LogP contribution in [0.4, 0.5) is 0 Å². The molecule has 1 aliphatic heterocycles. The van der Waals surface area contributed by atoms with Crippen LogP contribution in [0.2, 0.25) is 0 Å². The van der Waals surface area contributed by atoms with Crippen LogP contribution in [0, 0.1) is 0 Å². The van der Waals surface area contributed by atoms with E-state index in [-0.39, 0.29) is 16.9 Å². The maximum Gasteiger partial charge on any atom is 0.347 e. The highest BCUT2D eigenvalue weighted by atomic mass is 16.7. The monoisotopic (exact) mass is 366 g/mol. The molecule has 2 heterocycles. The zero-order chi connectivity index (χ0) is 19.0. The van der Waals surface area contributed by atoms with Crippen molar-refractivity contribution in [2.45, 2.75) is 37.6 Å². The van der Waals surface area contributed by atoms with Gasteiger partial charge < -0.3 is 34.3 Å². The fourth-order valence-electron chi connectivity index (χ4n) is 2.71. The number of rotatable bonds is 4. The minimum Gasteiger partial charge on any atom is -0.462 e. The minimum absolute atomic E-state index is 0.0694. The summed E-state index contributed by atoms with van der Waals surface area (Å²) in [6.07, 6.45) is -7.08. The predicted octanol–water partition coefficient (Wildman–Crippen LogP) is -0.826. The lowest BCUT2D eigenvalue weighted by atomic mass is 9.99. The summed E-state index contributed by atoms with van der Waals surface area (Å²) in [5.74, 6) is -0.261. The molecule has 26 heavy (non-hydrogen) atoms. The van der Waals surface area contributed by atoms with Gasteiger partial charge in [-0.3, -0.25) is 4.79 Å². The van der Waals surface area contributed by atoms with E-state index in [1.807, 2.05) is 0 Å². The van der Waals surface area contributed by atoms with Crippen LogP contribution in [0.15, 0.2) is 33.5 Å². The van der Waals surface area contributed by atoms with Gasteiger partial charge in [-0.25, -0.2) is 4.79 Å². The van der Waals surface area contributed by atoms with Gasteiger partial charge in [0, 0.05) is 11.5 Å². The maximum atomic E-state index is 11.8. The molecule has 9 heteroatoms. The fourth-order valence-corrected chi connectivity index (χ4v) is 2.71. The number of Topliss-reactive ketones (excluding diaryl/α,β-unsaturated/α-hetero) is 1. The molecule has 0 unspecified atom stereocenters. The third-order valence-corrected chi connectivity index (χ3v) is 4.19. The Balaban J connectivity index is 1.88. The molecule has 9 nitrogen and oxygen atoms in total. The van der Waals surface area contributed by atoms with Gasteiger partial charge in [0.2, 0.25) is 6.29 Å². The van der Waals surface area contributed by atoms with E-state index < -0.39 is 48.7 Å². The molecule has 1 saturated heterocycles. The van der Waals surface area contributed by atoms with E-state index in [0.717, 1.165) is 0 Å². The smallest absolute Gasteiger partial charge is 0.347 e. The van der Waals surface area contributed by atoms with Crippen LogP contribution in [-0.4, -0.2) is 63.5 Å². The van der Waals surface area contributed by atoms with Gasteiger partial charge in [-0.05, 0) is 25.1 Å². The van der Waals surface area contributed by atoms with Gasteiger partial charge in [0.15, 0.2) is 5.78 Å². The van der Waals surface area contributed by atoms with E-state index >= 15 is 0 Å². The second kappa shape index (κ2) is 7.14. The molecule has 0 bridgehead atoms. The average molecular weight is 366 g/mol. The summed E-state index contributed by atoms with van der Waals surface area (Å²) < 4.78 is 15.8. The molecule has 1 aliphatic rings. The van der Waals surface area contributed by atoms with Crippen LogP contribution in [-0.2, 0) is 4.74 Å². The van der Waals surface area contributed by atoms with Gasteiger partial charge in [0.1, 0.15) is 41.3 Å². The van der Waals surface area contributed by atoms with E-state index in [1.165, 1.54) is 25.1 Å². The van der Waals surface area contributed by atoms with Crippen molar-refractivity contribution in [2.75, 3.05) is 6.61 Å². The topological polar surface area (TPSA) is 147 Å². The third kappa shape index (κ3) is 3.35. The van der Waals surface area contributed by atoms with E-state index in [1.54, 1.807) is 6.07 Å². The summed E-state index contributed by atoms with van der Waals surface area (Å²) in [4.78, 5) is 23.2. The number of hydrogen-bond donors (Lipinski definition) is 4. The van der Waals surface area contributed by atoms with Gasteiger partial charge in [0.25, 0.3) is 0 Å². The Morgan fingerprint density at radius 3 is 2.54 bits per heavy atom. The molecule has 0 aliphatic carbocycles. The van der Waals surface area contributed by atoms with Crippen LogP contribution in [0.5, 0.6) is 5.75 Å². The van der Waals surface area contributed by atoms with Gasteiger partial charge in [0.05, 0.1) is 6.61 Å². The first-order valence-electron chi connectivity index (χ1n) is 7.88. The first kappa shape index (κ1) is 18.5. The predicted molar refractivity (Wildman–Crippen MR) is 86.9 cm³/mol. The van der Waals surface area contributed by atoms with Crippen LogP contribution in [0.1, 0.15) is 17.3 Å². The number of ether oxygens (including phenoxy) is 2. The van der Waals surface area contributed by atoms with Gasteiger partial charge in [-0.15, -0.1) is 0 Å². The molecule has 1 aromatic carbocycles. The van der Waals surface area contributed by atoms with Crippen LogP contribution in [0.25, 0.3) is 11.0 Å². The van der Waals surface area contributed by atoms with Crippen LogP contribution in [0.3, 0.4) is 0 Å². The largest absolute Gasteiger partial charge is 0.462 e. The summed E-state index contributed by atoms with van der Waals surface area (Å²) in [5.41, 5.74) is -0.697. The maximum absolute atomic E-state index is 11.8. The number of ketones is 1. The quantitative estimate of drug-likeness (QED) is 0.402. The van der Waals surface area contributed by atoms with E-state index in [0.29, 0.717) is 5.39 Å². The zero-order valence-electron chi connectivity index (χ0n) is 13.7. The van der Waals surface area contributed by atoms with Crippen LogP contribution < -0.4 is 10.4 Å². The molecule has 1 aromatic heterocycles. The molecule has 4 N–H and O–H groups in total. The molecule has 0 spiro atoms. The van der Waals surface area contributed by atoms with Crippen molar-refractivity contribution in [1.82, 2.24) is 0 Å². The Hall–Kier alpha value is -2.30. The van der Waals surface area contributed by atoms with Crippen molar-refractivity contribution < 1.29 is 39.1 Å². The number of fused-ring (bicyclic) bond motifs is 1. The molecule has 3 rings (SSSR count). The number of aliphatic hydroxyl groups is 4. The van der Waals surface area contributed by atoms with E-state index in [4.69, 9.17) is 13.9 Å². The van der Waals surface area contributed by atoms with Crippen molar-refractivity contribution >= 4 is 16.8 Å². The van der Waals surface area contributed by atoms with Gasteiger partial charge in [-0.2, -0.15) is 0 Å². The first-order chi connectivity index (χ1) is 12.3. The Labute approximate surface area is 147 Å². The van der Waals surface area contributed by atoms with E-state index in [2.05, 4.69) is 0 Å². The number of hydrogen-bond acceptors (Lipinski definition) is 9. The van der Waals surface area contributed by atoms with E-state index in [9.17, 15) is 30.0 Å². The summed E-state index contributed by atoms with van der Waals surface area (Å²) >= 11 is 0. The standard InChI is InChI=1S/C17H18O9/c1-7(19)10-4-8-2-3-9(5-11(8)25-16(10)23)24-17-15(22)14(21)13(20)12(6-18)26-17/h2-5,12-15,17-18,20-22H,6H2,1H3/t12-,13-,14+,15-,17-/m1/s1. The number of carbonyl (C=O) groups is 1. The van der Waals surface area contributed by atoms with Crippen molar-refractivity contribution in [3.8, 4) is 5.75 Å². The Morgan fingerprint density at radius 2 is 1.88 bits per heavy atom. The molecule has 0 amide bonds. The molecule has 1 fully saturated rings. The molecule has 2 aromatic rings. The number of carbonyl (C=O) groups excluding carboxylic acids is 1. The molecule has 140 valence electrons.